The van der Waals surface area contributed by atoms with Crippen molar-refractivity contribution in [3.63, 3.8) is 0 Å². The Hall–Kier alpha value is 1.13. The smallest absolute Gasteiger partial charge is 1.00 e. The van der Waals surface area contributed by atoms with Gasteiger partial charge >= 0.3 is 21.7 Å². The van der Waals surface area contributed by atoms with Gasteiger partial charge < -0.3 is 48.0 Å². The first-order valence-electron chi connectivity index (χ1n) is 4.95. The van der Waals surface area contributed by atoms with Crippen LogP contribution >= 0.6 is 0 Å². The Balaban J connectivity index is 0. The number of hydrogen-bond acceptors (Lipinski definition) is 0. The number of halogens is 2. The summed E-state index contributed by atoms with van der Waals surface area (Å²) in [6.45, 7) is 4.53. The molecule has 1 aromatic rings. The molecule has 0 spiro atoms. The van der Waals surface area contributed by atoms with Gasteiger partial charge in [0.2, 0.25) is 0 Å². The molecule has 0 fully saturated rings. The maximum atomic E-state index is 3.43. The summed E-state index contributed by atoms with van der Waals surface area (Å²) in [5.74, 6) is 1.29. The van der Waals surface area contributed by atoms with Crippen molar-refractivity contribution in [2.75, 3.05) is 0 Å². The summed E-state index contributed by atoms with van der Waals surface area (Å²) in [6.07, 6.45) is 6.77. The Bertz CT molecular complexity index is 334. The van der Waals surface area contributed by atoms with Crippen LogP contribution in [0.3, 0.4) is 0 Å². The minimum absolute atomic E-state index is 0. The minimum Gasteiger partial charge on any atom is -1.00 e. The van der Waals surface area contributed by atoms with Crippen molar-refractivity contribution in [2.24, 2.45) is 5.92 Å². The number of hydrogen-bond donors (Lipinski definition) is 0. The van der Waals surface area contributed by atoms with Crippen molar-refractivity contribution < 1.29 is 69.7 Å². The van der Waals surface area contributed by atoms with E-state index in [4.69, 9.17) is 0 Å². The molecule has 1 unspecified atom stereocenters. The van der Waals surface area contributed by atoms with Crippen molar-refractivity contribution in [3.8, 4) is 0 Å². The topological polar surface area (TPSA) is 0 Å². The average Bonchev–Trinajstić information content (AvgIpc) is 2.48. The van der Waals surface area contributed by atoms with Crippen LogP contribution in [0.5, 0.6) is 0 Å². The zero-order valence-corrected chi connectivity index (χ0v) is 15.4. The molecule has 0 heterocycles. The molecule has 2 rings (SSSR count). The quantitative estimate of drug-likeness (QED) is 0.257. The second-order valence-electron chi connectivity index (χ2n) is 4.12. The summed E-state index contributed by atoms with van der Waals surface area (Å²) >= 11 is 0. The number of fused-ring (bicyclic) bond motifs is 1. The molecule has 0 saturated heterocycles. The Morgan fingerprint density at radius 2 is 1.81 bits per heavy atom. The minimum atomic E-state index is 0. The van der Waals surface area contributed by atoms with Crippen LogP contribution in [0.15, 0.2) is 24.3 Å². The molecule has 1 aliphatic carbocycles. The van der Waals surface area contributed by atoms with E-state index in [-0.39, 0.29) is 69.7 Å². The largest absolute Gasteiger partial charge is 3.00 e. The van der Waals surface area contributed by atoms with Crippen molar-refractivity contribution in [2.45, 2.75) is 26.2 Å². The molecule has 0 nitrogen and oxygen atoms in total. The molecule has 3 heteroatoms. The number of allylic oxidation sites excluding steroid dienone is 1. The normalized spacial score (nSPS) is 15.8. The van der Waals surface area contributed by atoms with Gasteiger partial charge in [-0.15, -0.1) is 11.6 Å². The van der Waals surface area contributed by atoms with Crippen molar-refractivity contribution >= 4 is 6.08 Å². The molecule has 0 N–H and O–H groups in total. The van der Waals surface area contributed by atoms with E-state index in [9.17, 15) is 0 Å². The van der Waals surface area contributed by atoms with Crippen LogP contribution in [0.1, 0.15) is 37.3 Å². The van der Waals surface area contributed by atoms with E-state index in [0.29, 0.717) is 5.92 Å². The van der Waals surface area contributed by atoms with E-state index in [1.807, 2.05) is 0 Å². The summed E-state index contributed by atoms with van der Waals surface area (Å²) in [5, 5.41) is 0. The summed E-state index contributed by atoms with van der Waals surface area (Å²) in [7, 11) is 0. The first kappa shape index (κ1) is 19.5. The Morgan fingerprint density at radius 3 is 2.44 bits per heavy atom. The zero-order valence-electron chi connectivity index (χ0n) is 9.50. The van der Waals surface area contributed by atoms with Gasteiger partial charge in [0.05, 0.1) is 0 Å². The van der Waals surface area contributed by atoms with Crippen LogP contribution in [0.25, 0.3) is 6.08 Å². The Kier molecular flexibility index (Phi) is 11.1. The molecule has 1 atom stereocenters. The summed E-state index contributed by atoms with van der Waals surface area (Å²) in [5.41, 5.74) is 2.81. The predicted octanol–water partition coefficient (Wildman–Crippen LogP) is -2.35. The maximum absolute atomic E-state index is 3.43. The number of benzene rings is 1. The van der Waals surface area contributed by atoms with Crippen LogP contribution < -0.4 is 48.0 Å². The van der Waals surface area contributed by atoms with Crippen molar-refractivity contribution in [1.29, 1.82) is 0 Å². The first-order chi connectivity index (χ1) is 6.27. The molecule has 0 saturated carbocycles. The Labute approximate surface area is 148 Å². The molecule has 0 aromatic heterocycles. The molecular weight excluding hydrogens is 458 g/mol. The van der Waals surface area contributed by atoms with E-state index in [2.05, 4.69) is 50.3 Å². The van der Waals surface area contributed by atoms with Crippen LogP contribution in [-0.4, -0.2) is 0 Å². The second kappa shape index (κ2) is 9.12. The SMILES string of the molecule is CC(C)CC1[C-]=Cc2ccccc21.[I-].[I-].[Ti+3]. The standard InChI is InChI=1S/C13H15.2HI.Ti/c1-10(2)9-12-8-7-11-5-3-4-6-13(11)12;;;/h3-7,10,12H,9H2,1-2H3;2*1H;/q-1;;;+3/p-2. The molecule has 1 radical (unpaired) electrons. The van der Waals surface area contributed by atoms with Gasteiger partial charge in [0.15, 0.2) is 0 Å². The van der Waals surface area contributed by atoms with E-state index < -0.39 is 0 Å². The van der Waals surface area contributed by atoms with Crippen LogP contribution in [0, 0.1) is 12.0 Å². The van der Waals surface area contributed by atoms with Crippen molar-refractivity contribution in [3.05, 3.63) is 41.5 Å². The predicted molar refractivity (Wildman–Crippen MR) is 56.3 cm³/mol. The van der Waals surface area contributed by atoms with Gasteiger partial charge in [-0.3, -0.25) is 6.08 Å². The summed E-state index contributed by atoms with van der Waals surface area (Å²) in [6, 6.07) is 8.60. The fourth-order valence-corrected chi connectivity index (χ4v) is 1.91. The molecular formula is C13H15I2Ti. The van der Waals surface area contributed by atoms with E-state index in [0.717, 1.165) is 5.92 Å². The van der Waals surface area contributed by atoms with Crippen LogP contribution in [0.4, 0.5) is 0 Å². The molecule has 0 bridgehead atoms. The van der Waals surface area contributed by atoms with E-state index >= 15 is 0 Å². The average molecular weight is 473 g/mol. The van der Waals surface area contributed by atoms with Gasteiger partial charge in [-0.25, -0.2) is 6.08 Å². The number of rotatable bonds is 2. The van der Waals surface area contributed by atoms with Gasteiger partial charge in [0.1, 0.15) is 0 Å². The fourth-order valence-electron chi connectivity index (χ4n) is 1.91. The third-order valence-electron chi connectivity index (χ3n) is 2.52. The maximum Gasteiger partial charge on any atom is 3.00 e. The van der Waals surface area contributed by atoms with Crippen molar-refractivity contribution in [1.82, 2.24) is 0 Å². The molecule has 85 valence electrons. The van der Waals surface area contributed by atoms with Crippen LogP contribution in [0.2, 0.25) is 0 Å². The molecule has 1 aliphatic rings. The third-order valence-corrected chi connectivity index (χ3v) is 2.52. The molecule has 0 aliphatic heterocycles. The molecule has 16 heavy (non-hydrogen) atoms. The second-order valence-corrected chi connectivity index (χ2v) is 4.12. The Morgan fingerprint density at radius 1 is 1.19 bits per heavy atom. The van der Waals surface area contributed by atoms with Gasteiger partial charge in [-0.05, 0) is 5.92 Å². The molecule has 1 aromatic carbocycles. The van der Waals surface area contributed by atoms with E-state index in [1.165, 1.54) is 17.5 Å². The summed E-state index contributed by atoms with van der Waals surface area (Å²) < 4.78 is 0. The monoisotopic (exact) mass is 473 g/mol. The van der Waals surface area contributed by atoms with Crippen LogP contribution in [-0.2, 0) is 21.7 Å². The van der Waals surface area contributed by atoms with Gasteiger partial charge in [-0.1, -0.05) is 44.4 Å². The van der Waals surface area contributed by atoms with Gasteiger partial charge in [0, 0.05) is 0 Å². The molecule has 0 amide bonds. The zero-order chi connectivity index (χ0) is 9.26. The van der Waals surface area contributed by atoms with Gasteiger partial charge in [-0.2, -0.15) is 5.56 Å². The third kappa shape index (κ3) is 4.79. The first-order valence-corrected chi connectivity index (χ1v) is 4.95. The fraction of sp³-hybridized carbons (Fsp3) is 0.385. The summed E-state index contributed by atoms with van der Waals surface area (Å²) in [4.78, 5) is 0. The van der Waals surface area contributed by atoms with E-state index in [1.54, 1.807) is 0 Å². The van der Waals surface area contributed by atoms with Gasteiger partial charge in [0.25, 0.3) is 0 Å².